The number of hydrogen-bond donors (Lipinski definition) is 0. The summed E-state index contributed by atoms with van der Waals surface area (Å²) in [5.74, 6) is 0. The van der Waals surface area contributed by atoms with Crippen molar-refractivity contribution in [3.8, 4) is 16.8 Å². The van der Waals surface area contributed by atoms with Gasteiger partial charge in [-0.05, 0) is 77.2 Å². The van der Waals surface area contributed by atoms with E-state index in [1.165, 1.54) is 50.0 Å². The minimum atomic E-state index is 1.06. The molecule has 0 amide bonds. The first kappa shape index (κ1) is 13.6. The number of rotatable bonds is 1. The Hall–Kier alpha value is -2.80. The first-order chi connectivity index (χ1) is 11.7. The second-order valence-corrected chi connectivity index (χ2v) is 6.75. The van der Waals surface area contributed by atoms with Gasteiger partial charge in [-0.3, -0.25) is 0 Å². The van der Waals surface area contributed by atoms with E-state index in [-0.39, 0.29) is 0 Å². The third-order valence-corrected chi connectivity index (χ3v) is 5.54. The van der Waals surface area contributed by atoms with E-state index in [4.69, 9.17) is 0 Å². The van der Waals surface area contributed by atoms with Crippen LogP contribution >= 0.6 is 0 Å². The number of aromatic nitrogens is 1. The summed E-state index contributed by atoms with van der Waals surface area (Å²) in [5, 5.41) is 1.29. The number of nitrogens with zero attached hydrogens (tertiary/aromatic N) is 1. The third-order valence-electron chi connectivity index (χ3n) is 5.54. The normalized spacial score (nSPS) is 12.4. The molecule has 0 atom stereocenters. The van der Waals surface area contributed by atoms with Crippen LogP contribution in [-0.4, -0.2) is 4.57 Å². The van der Waals surface area contributed by atoms with Crippen LogP contribution in [0, 0.1) is 13.8 Å². The van der Waals surface area contributed by atoms with Gasteiger partial charge in [0.2, 0.25) is 0 Å². The van der Waals surface area contributed by atoms with Crippen molar-refractivity contribution in [3.05, 3.63) is 89.1 Å². The molecule has 1 aliphatic rings. The molecule has 0 fully saturated rings. The van der Waals surface area contributed by atoms with Gasteiger partial charge < -0.3 is 4.57 Å². The fourth-order valence-corrected chi connectivity index (χ4v) is 4.09. The molecule has 0 N–H and O–H groups in total. The maximum absolute atomic E-state index is 2.38. The highest BCUT2D eigenvalue weighted by molar-refractivity contribution is 5.85. The van der Waals surface area contributed by atoms with Crippen molar-refractivity contribution in [1.82, 2.24) is 4.57 Å². The fourth-order valence-electron chi connectivity index (χ4n) is 4.09. The lowest BCUT2D eigenvalue weighted by atomic mass is 9.96. The Labute approximate surface area is 142 Å². The molecule has 1 aromatic heterocycles. The van der Waals surface area contributed by atoms with Gasteiger partial charge >= 0.3 is 0 Å². The maximum Gasteiger partial charge on any atom is 0.0528 e. The van der Waals surface area contributed by atoms with Crippen LogP contribution in [0.2, 0.25) is 0 Å². The highest BCUT2D eigenvalue weighted by Gasteiger charge is 2.22. The van der Waals surface area contributed by atoms with Crippen molar-refractivity contribution < 1.29 is 0 Å². The molecule has 0 bridgehead atoms. The SMILES string of the molecule is Cc1c(-n2ccc3ccccc32)cc2c(c1C)Cc1ccccc1-2. The Kier molecular flexibility index (Phi) is 2.75. The van der Waals surface area contributed by atoms with Gasteiger partial charge in [0.1, 0.15) is 0 Å². The summed E-state index contributed by atoms with van der Waals surface area (Å²) in [6.45, 7) is 4.53. The van der Waals surface area contributed by atoms with E-state index in [0.717, 1.165) is 6.42 Å². The molecule has 116 valence electrons. The Bertz CT molecular complexity index is 1100. The standard InChI is InChI=1S/C23H19N/c1-15-16(2)23(24-12-11-17-7-4-6-10-22(17)24)14-21-19-9-5-3-8-18(19)13-20(15)21/h3-12,14H,13H2,1-2H3. The van der Waals surface area contributed by atoms with Gasteiger partial charge in [-0.25, -0.2) is 0 Å². The van der Waals surface area contributed by atoms with Gasteiger partial charge in [0.25, 0.3) is 0 Å². The average molecular weight is 309 g/mol. The molecule has 1 heterocycles. The van der Waals surface area contributed by atoms with Crippen LogP contribution in [0.3, 0.4) is 0 Å². The van der Waals surface area contributed by atoms with Gasteiger partial charge in [-0.2, -0.15) is 0 Å². The second-order valence-electron chi connectivity index (χ2n) is 6.75. The molecular weight excluding hydrogens is 290 g/mol. The zero-order chi connectivity index (χ0) is 16.3. The smallest absolute Gasteiger partial charge is 0.0528 e. The number of benzene rings is 3. The van der Waals surface area contributed by atoms with Crippen molar-refractivity contribution in [2.75, 3.05) is 0 Å². The molecule has 4 aromatic rings. The van der Waals surface area contributed by atoms with Crippen LogP contribution in [0.4, 0.5) is 0 Å². The number of hydrogen-bond acceptors (Lipinski definition) is 0. The van der Waals surface area contributed by atoms with Gasteiger partial charge in [-0.15, -0.1) is 0 Å². The van der Waals surface area contributed by atoms with Crippen LogP contribution in [0.1, 0.15) is 22.3 Å². The predicted octanol–water partition coefficient (Wildman–Crippen LogP) is 5.82. The first-order valence-electron chi connectivity index (χ1n) is 8.52. The minimum absolute atomic E-state index is 1.06. The molecule has 1 heteroatoms. The van der Waals surface area contributed by atoms with Gasteiger partial charge in [-0.1, -0.05) is 42.5 Å². The van der Waals surface area contributed by atoms with Crippen molar-refractivity contribution >= 4 is 10.9 Å². The van der Waals surface area contributed by atoms with Crippen molar-refractivity contribution in [1.29, 1.82) is 0 Å². The Morgan fingerprint density at radius 1 is 0.792 bits per heavy atom. The van der Waals surface area contributed by atoms with E-state index in [9.17, 15) is 0 Å². The zero-order valence-corrected chi connectivity index (χ0v) is 14.0. The second kappa shape index (κ2) is 4.85. The summed E-state index contributed by atoms with van der Waals surface area (Å²) in [4.78, 5) is 0. The topological polar surface area (TPSA) is 4.93 Å². The molecule has 5 rings (SSSR count). The Morgan fingerprint density at radius 2 is 1.58 bits per heavy atom. The van der Waals surface area contributed by atoms with Crippen molar-refractivity contribution in [2.24, 2.45) is 0 Å². The largest absolute Gasteiger partial charge is 0.316 e. The maximum atomic E-state index is 2.38. The molecule has 1 nitrogen and oxygen atoms in total. The molecule has 24 heavy (non-hydrogen) atoms. The molecule has 1 aliphatic carbocycles. The van der Waals surface area contributed by atoms with Crippen LogP contribution in [-0.2, 0) is 6.42 Å². The summed E-state index contributed by atoms with van der Waals surface area (Å²) >= 11 is 0. The summed E-state index contributed by atoms with van der Waals surface area (Å²) in [6.07, 6.45) is 3.25. The molecule has 0 aliphatic heterocycles. The Morgan fingerprint density at radius 3 is 2.50 bits per heavy atom. The monoisotopic (exact) mass is 309 g/mol. The van der Waals surface area contributed by atoms with Gasteiger partial charge in [0, 0.05) is 11.9 Å². The van der Waals surface area contributed by atoms with E-state index in [2.05, 4.69) is 85.3 Å². The van der Waals surface area contributed by atoms with Crippen LogP contribution in [0.15, 0.2) is 66.9 Å². The fraction of sp³-hybridized carbons (Fsp3) is 0.130. The molecule has 0 spiro atoms. The number of para-hydroxylation sites is 1. The van der Waals surface area contributed by atoms with Gasteiger partial charge in [0.15, 0.2) is 0 Å². The number of fused-ring (bicyclic) bond motifs is 4. The molecule has 0 saturated heterocycles. The quantitative estimate of drug-likeness (QED) is 0.368. The summed E-state index contributed by atoms with van der Waals surface area (Å²) in [7, 11) is 0. The summed E-state index contributed by atoms with van der Waals surface area (Å²) in [5.41, 5.74) is 11.1. The summed E-state index contributed by atoms with van der Waals surface area (Å²) < 4.78 is 2.33. The highest BCUT2D eigenvalue weighted by Crippen LogP contribution is 2.41. The average Bonchev–Trinajstić information content (AvgIpc) is 3.20. The Balaban J connectivity index is 1.82. The van der Waals surface area contributed by atoms with Crippen molar-refractivity contribution in [2.45, 2.75) is 20.3 Å². The molecule has 0 radical (unpaired) electrons. The molecule has 0 unspecified atom stereocenters. The van der Waals surface area contributed by atoms with E-state index in [0.29, 0.717) is 0 Å². The highest BCUT2D eigenvalue weighted by atomic mass is 15.0. The lowest BCUT2D eigenvalue weighted by Crippen LogP contribution is -2.00. The molecule has 0 saturated carbocycles. The van der Waals surface area contributed by atoms with Crippen LogP contribution in [0.5, 0.6) is 0 Å². The summed E-state index contributed by atoms with van der Waals surface area (Å²) in [6, 6.07) is 22.0. The minimum Gasteiger partial charge on any atom is -0.316 e. The first-order valence-corrected chi connectivity index (χ1v) is 8.52. The van der Waals surface area contributed by atoms with E-state index < -0.39 is 0 Å². The van der Waals surface area contributed by atoms with E-state index in [1.807, 2.05) is 0 Å². The van der Waals surface area contributed by atoms with E-state index in [1.54, 1.807) is 0 Å². The molecule has 3 aromatic carbocycles. The van der Waals surface area contributed by atoms with E-state index >= 15 is 0 Å². The van der Waals surface area contributed by atoms with Crippen molar-refractivity contribution in [3.63, 3.8) is 0 Å². The zero-order valence-electron chi connectivity index (χ0n) is 14.0. The lowest BCUT2D eigenvalue weighted by molar-refractivity contribution is 1.08. The lowest BCUT2D eigenvalue weighted by Gasteiger charge is -2.16. The van der Waals surface area contributed by atoms with Crippen LogP contribution < -0.4 is 0 Å². The predicted molar refractivity (Wildman–Crippen MR) is 101 cm³/mol. The van der Waals surface area contributed by atoms with Gasteiger partial charge in [0.05, 0.1) is 5.52 Å². The van der Waals surface area contributed by atoms with Crippen LogP contribution in [0.25, 0.3) is 27.7 Å². The third kappa shape index (κ3) is 1.75. The molecular formula is C23H19N.